The Morgan fingerprint density at radius 1 is 1.07 bits per heavy atom. The molecule has 1 radical (unpaired) electrons. The van der Waals surface area contributed by atoms with Gasteiger partial charge in [0.25, 0.3) is 0 Å². The van der Waals surface area contributed by atoms with Gasteiger partial charge in [-0.15, -0.1) is 0 Å². The topological polar surface area (TPSA) is 9.23 Å². The molecule has 0 saturated carbocycles. The van der Waals surface area contributed by atoms with Crippen LogP contribution in [-0.4, -0.2) is 26.9 Å². The Kier molecular flexibility index (Phi) is 3.31. The van der Waals surface area contributed by atoms with Gasteiger partial charge in [-0.1, -0.05) is 0 Å². The molecular formula is C7H5BF5O. The van der Waals surface area contributed by atoms with E-state index in [-0.39, 0.29) is 0 Å². The Bertz CT molecular complexity index is 300. The fourth-order valence-corrected chi connectivity index (χ4v) is 0.986. The Morgan fingerprint density at radius 2 is 1.57 bits per heavy atom. The van der Waals surface area contributed by atoms with Crippen LogP contribution in [-0.2, 0) is 4.65 Å². The Morgan fingerprint density at radius 3 is 2.07 bits per heavy atom. The summed E-state index contributed by atoms with van der Waals surface area (Å²) in [5, 5.41) is 0. The van der Waals surface area contributed by atoms with Crippen LogP contribution in [0.1, 0.15) is 0 Å². The van der Waals surface area contributed by atoms with Crippen molar-refractivity contribution in [3.8, 4) is 0 Å². The van der Waals surface area contributed by atoms with Crippen LogP contribution >= 0.6 is 0 Å². The molecule has 2 atom stereocenters. The lowest BCUT2D eigenvalue weighted by molar-refractivity contribution is 0.166. The molecule has 0 bridgehead atoms. The van der Waals surface area contributed by atoms with Crippen LogP contribution in [0.2, 0.25) is 0 Å². The van der Waals surface area contributed by atoms with Crippen molar-refractivity contribution in [2.75, 3.05) is 7.11 Å². The highest BCUT2D eigenvalue weighted by atomic mass is 19.2. The predicted molar refractivity (Wildman–Crippen MR) is 39.9 cm³/mol. The predicted octanol–water partition coefficient (Wildman–Crippen LogP) is 2.27. The van der Waals surface area contributed by atoms with Crippen molar-refractivity contribution in [2.24, 2.45) is 0 Å². The third-order valence-electron chi connectivity index (χ3n) is 1.68. The summed E-state index contributed by atoms with van der Waals surface area (Å²) in [5.74, 6) is -5.44. The van der Waals surface area contributed by atoms with Gasteiger partial charge in [0.2, 0.25) is 0 Å². The number of hydrogen-bond donors (Lipinski definition) is 0. The van der Waals surface area contributed by atoms with Gasteiger partial charge in [-0.25, -0.2) is 22.0 Å². The van der Waals surface area contributed by atoms with E-state index in [0.29, 0.717) is 7.48 Å². The lowest BCUT2D eigenvalue weighted by atomic mass is 9.81. The average Bonchev–Trinajstić information content (AvgIpc) is 2.19. The molecule has 0 fully saturated rings. The van der Waals surface area contributed by atoms with Crippen molar-refractivity contribution in [3.63, 3.8) is 0 Å². The summed E-state index contributed by atoms with van der Waals surface area (Å²) in [4.78, 5) is 0. The van der Waals surface area contributed by atoms with Gasteiger partial charge in [0.1, 0.15) is 5.83 Å². The maximum Gasteiger partial charge on any atom is 0.335 e. The van der Waals surface area contributed by atoms with Crippen LogP contribution in [0.25, 0.3) is 0 Å². The van der Waals surface area contributed by atoms with E-state index in [1.54, 1.807) is 0 Å². The first-order valence-corrected chi connectivity index (χ1v) is 3.60. The molecule has 0 aromatic carbocycles. The van der Waals surface area contributed by atoms with E-state index < -0.39 is 35.3 Å². The van der Waals surface area contributed by atoms with E-state index in [1.165, 1.54) is 0 Å². The van der Waals surface area contributed by atoms with Crippen LogP contribution in [0.5, 0.6) is 0 Å². The zero-order chi connectivity index (χ0) is 10.9. The average molecular weight is 211 g/mol. The highest BCUT2D eigenvalue weighted by Crippen LogP contribution is 2.36. The summed E-state index contributed by atoms with van der Waals surface area (Å²) in [6.45, 7) is 0. The van der Waals surface area contributed by atoms with Crippen molar-refractivity contribution in [1.29, 1.82) is 0 Å². The van der Waals surface area contributed by atoms with Crippen LogP contribution in [0.4, 0.5) is 22.0 Å². The fraction of sp³-hybridized carbons (Fsp3) is 0.429. The minimum absolute atomic E-state index is 0.475. The van der Waals surface area contributed by atoms with Gasteiger partial charge in [-0.2, -0.15) is 0 Å². The third-order valence-corrected chi connectivity index (χ3v) is 1.68. The first-order valence-electron chi connectivity index (χ1n) is 3.60. The molecule has 1 aliphatic carbocycles. The monoisotopic (exact) mass is 211 g/mol. The Labute approximate surface area is 77.5 Å². The summed E-state index contributed by atoms with van der Waals surface area (Å²) in [5.41, 5.74) is -1.04. The van der Waals surface area contributed by atoms with E-state index >= 15 is 0 Å². The SMILES string of the molecule is CO[B]C1=C(F)C(F)C(F)C(F)=C1F. The molecule has 0 aromatic rings. The van der Waals surface area contributed by atoms with E-state index in [1.807, 2.05) is 0 Å². The molecule has 0 heterocycles. The number of halogens is 5. The Hall–Kier alpha value is -0.845. The minimum atomic E-state index is -2.93. The quantitative estimate of drug-likeness (QED) is 0.502. The molecule has 77 valence electrons. The smallest absolute Gasteiger partial charge is 0.335 e. The fourth-order valence-electron chi connectivity index (χ4n) is 0.986. The van der Waals surface area contributed by atoms with Gasteiger partial charge in [0.05, 0.1) is 0 Å². The zero-order valence-electron chi connectivity index (χ0n) is 7.03. The standard InChI is InChI=1S/C7H5BF5O/c1-14-8-2-3(9)5(11)7(13)6(12)4(2)10/h5,7H,1H3. The van der Waals surface area contributed by atoms with Crippen LogP contribution < -0.4 is 0 Å². The van der Waals surface area contributed by atoms with Crippen LogP contribution in [0.3, 0.4) is 0 Å². The van der Waals surface area contributed by atoms with Crippen molar-refractivity contribution in [2.45, 2.75) is 12.3 Å². The molecule has 1 aliphatic rings. The molecule has 0 amide bonds. The lowest BCUT2D eigenvalue weighted by Gasteiger charge is -2.19. The number of rotatable bonds is 2. The van der Waals surface area contributed by atoms with Gasteiger partial charge in [-0.05, 0) is 0 Å². The summed E-state index contributed by atoms with van der Waals surface area (Å²) in [6.07, 6.45) is -5.75. The molecular weight excluding hydrogens is 206 g/mol. The van der Waals surface area contributed by atoms with E-state index in [4.69, 9.17) is 0 Å². The van der Waals surface area contributed by atoms with Crippen molar-refractivity contribution < 1.29 is 26.6 Å². The summed E-state index contributed by atoms with van der Waals surface area (Å²) in [7, 11) is 1.52. The van der Waals surface area contributed by atoms with Gasteiger partial charge in [0.15, 0.2) is 24.0 Å². The zero-order valence-corrected chi connectivity index (χ0v) is 7.03. The van der Waals surface area contributed by atoms with E-state index in [0.717, 1.165) is 7.11 Å². The van der Waals surface area contributed by atoms with Gasteiger partial charge >= 0.3 is 7.48 Å². The maximum absolute atomic E-state index is 12.8. The highest BCUT2D eigenvalue weighted by Gasteiger charge is 2.40. The second kappa shape index (κ2) is 4.12. The molecule has 0 N–H and O–H groups in total. The summed E-state index contributed by atoms with van der Waals surface area (Å²) < 4.78 is 67.5. The molecule has 2 unspecified atom stereocenters. The highest BCUT2D eigenvalue weighted by molar-refractivity contribution is 6.40. The molecule has 0 saturated heterocycles. The molecule has 7 heteroatoms. The minimum Gasteiger partial charge on any atom is -0.437 e. The Balaban J connectivity index is 3.11. The lowest BCUT2D eigenvalue weighted by Crippen LogP contribution is -2.27. The van der Waals surface area contributed by atoms with E-state index in [9.17, 15) is 22.0 Å². The van der Waals surface area contributed by atoms with Crippen LogP contribution in [0.15, 0.2) is 23.0 Å². The second-order valence-electron chi connectivity index (χ2n) is 2.58. The van der Waals surface area contributed by atoms with Crippen molar-refractivity contribution >= 4 is 7.48 Å². The first-order chi connectivity index (χ1) is 6.50. The van der Waals surface area contributed by atoms with Gasteiger partial charge < -0.3 is 4.65 Å². The number of alkyl halides is 2. The second-order valence-corrected chi connectivity index (χ2v) is 2.58. The van der Waals surface area contributed by atoms with E-state index in [2.05, 4.69) is 4.65 Å². The summed E-state index contributed by atoms with van der Waals surface area (Å²) in [6, 6.07) is 0. The molecule has 1 rings (SSSR count). The van der Waals surface area contributed by atoms with Crippen LogP contribution in [0, 0.1) is 0 Å². The first kappa shape index (κ1) is 11.2. The van der Waals surface area contributed by atoms with Crippen molar-refractivity contribution in [3.05, 3.63) is 23.0 Å². The normalized spacial score (nSPS) is 28.4. The molecule has 0 aliphatic heterocycles. The molecule has 1 nitrogen and oxygen atoms in total. The van der Waals surface area contributed by atoms with Gasteiger partial charge in [-0.3, -0.25) is 0 Å². The maximum atomic E-state index is 12.8. The largest absolute Gasteiger partial charge is 0.437 e. The number of hydrogen-bond acceptors (Lipinski definition) is 1. The number of allylic oxidation sites excluding steroid dienone is 4. The van der Waals surface area contributed by atoms with Gasteiger partial charge in [0, 0.05) is 12.6 Å². The summed E-state index contributed by atoms with van der Waals surface area (Å²) >= 11 is 0. The van der Waals surface area contributed by atoms with Crippen molar-refractivity contribution in [1.82, 2.24) is 0 Å². The molecule has 14 heavy (non-hydrogen) atoms. The molecule has 0 spiro atoms. The molecule has 0 aromatic heterocycles. The third kappa shape index (κ3) is 1.68.